The average molecular weight is 349 g/mol. The van der Waals surface area contributed by atoms with E-state index in [1.807, 2.05) is 0 Å². The largest absolute Gasteiger partial charge is 0.368 e. The molecule has 0 radical (unpaired) electrons. The van der Waals surface area contributed by atoms with Gasteiger partial charge in [0.2, 0.25) is 0 Å². The number of aromatic amines is 1. The molecule has 0 aliphatic carbocycles. The second kappa shape index (κ2) is 6.55. The van der Waals surface area contributed by atoms with Crippen LogP contribution in [-0.4, -0.2) is 38.1 Å². The number of hydrogen-bond acceptors (Lipinski definition) is 5. The lowest BCUT2D eigenvalue weighted by molar-refractivity contribution is 0.465. The molecule has 1 saturated heterocycles. The first-order valence-corrected chi connectivity index (χ1v) is 9.02. The van der Waals surface area contributed by atoms with Gasteiger partial charge in [-0.1, -0.05) is 18.0 Å². The molecule has 128 valence electrons. The fraction of sp³-hybridized carbons (Fsp3) is 0.625. The normalized spacial score (nSPS) is 21.4. The first-order valence-electron chi connectivity index (χ1n) is 8.64. The fourth-order valence-electron chi connectivity index (χ4n) is 3.81. The van der Waals surface area contributed by atoms with Gasteiger partial charge in [0, 0.05) is 32.0 Å². The summed E-state index contributed by atoms with van der Waals surface area (Å²) < 4.78 is 2.32. The number of fused-ring (bicyclic) bond motifs is 1. The van der Waals surface area contributed by atoms with Crippen molar-refractivity contribution < 1.29 is 0 Å². The maximum absolute atomic E-state index is 11.7. The van der Waals surface area contributed by atoms with E-state index in [-0.39, 0.29) is 10.6 Å². The number of piperidine rings is 1. The quantitative estimate of drug-likeness (QED) is 0.899. The number of nitrogens with zero attached hydrogens (tertiary/aromatic N) is 5. The molecule has 4 rings (SSSR count). The maximum Gasteiger partial charge on any atom is 0.285 e. The third-order valence-corrected chi connectivity index (χ3v) is 5.41. The van der Waals surface area contributed by atoms with Gasteiger partial charge in [-0.25, -0.2) is 5.10 Å². The molecule has 2 aromatic heterocycles. The Hall–Kier alpha value is -1.89. The Balaban J connectivity index is 1.61. The molecule has 0 bridgehead atoms. The monoisotopic (exact) mass is 348 g/mol. The summed E-state index contributed by atoms with van der Waals surface area (Å²) >= 11 is 6.18. The number of aromatic nitrogens is 5. The number of halogens is 1. The van der Waals surface area contributed by atoms with Gasteiger partial charge in [-0.15, -0.1) is 10.2 Å². The number of nitrogens with one attached hydrogen (secondary N) is 1. The first kappa shape index (κ1) is 15.6. The summed E-state index contributed by atoms with van der Waals surface area (Å²) in [6, 6.07) is 0. The Labute approximate surface area is 145 Å². The highest BCUT2D eigenvalue weighted by Crippen LogP contribution is 2.32. The highest BCUT2D eigenvalue weighted by Gasteiger charge is 2.28. The first-order chi connectivity index (χ1) is 11.7. The predicted molar refractivity (Wildman–Crippen MR) is 91.6 cm³/mol. The molecule has 0 saturated carbocycles. The minimum atomic E-state index is -0.340. The van der Waals surface area contributed by atoms with Crippen molar-refractivity contribution in [2.24, 2.45) is 0 Å². The molecule has 0 unspecified atom stereocenters. The summed E-state index contributed by atoms with van der Waals surface area (Å²) in [5, 5.41) is 15.4. The van der Waals surface area contributed by atoms with Crippen molar-refractivity contribution in [3.8, 4) is 0 Å². The van der Waals surface area contributed by atoms with Crippen LogP contribution >= 0.6 is 11.6 Å². The molecule has 2 aliphatic rings. The van der Waals surface area contributed by atoms with Crippen LogP contribution in [0.4, 0.5) is 5.69 Å². The fourth-order valence-corrected chi connectivity index (χ4v) is 4.02. The summed E-state index contributed by atoms with van der Waals surface area (Å²) in [5.41, 5.74) is 0.369. The van der Waals surface area contributed by atoms with Crippen molar-refractivity contribution in [3.63, 3.8) is 0 Å². The molecule has 24 heavy (non-hydrogen) atoms. The van der Waals surface area contributed by atoms with Gasteiger partial charge in [0.15, 0.2) is 0 Å². The van der Waals surface area contributed by atoms with Crippen molar-refractivity contribution in [1.82, 2.24) is 25.0 Å². The molecular weight excluding hydrogens is 328 g/mol. The van der Waals surface area contributed by atoms with Crippen LogP contribution in [0.3, 0.4) is 0 Å². The van der Waals surface area contributed by atoms with Gasteiger partial charge in [0.05, 0.1) is 11.9 Å². The molecule has 1 atom stereocenters. The highest BCUT2D eigenvalue weighted by molar-refractivity contribution is 6.33. The van der Waals surface area contributed by atoms with E-state index in [9.17, 15) is 4.79 Å². The molecule has 2 aromatic rings. The Kier molecular flexibility index (Phi) is 4.26. The summed E-state index contributed by atoms with van der Waals surface area (Å²) in [7, 11) is 0. The van der Waals surface area contributed by atoms with Crippen LogP contribution in [0.2, 0.25) is 5.02 Å². The van der Waals surface area contributed by atoms with Crippen molar-refractivity contribution in [2.45, 2.75) is 51.0 Å². The van der Waals surface area contributed by atoms with Gasteiger partial charge in [0.1, 0.15) is 16.7 Å². The average Bonchev–Trinajstić information content (AvgIpc) is 2.86. The second-order valence-corrected chi connectivity index (χ2v) is 7.00. The van der Waals surface area contributed by atoms with Crippen LogP contribution in [0.5, 0.6) is 0 Å². The van der Waals surface area contributed by atoms with E-state index in [4.69, 9.17) is 11.6 Å². The standard InChI is InChI=1S/C16H21ClN6O/c17-14-12(9-18-21-16(14)24)22-7-4-5-11(10-22)15-20-19-13-6-2-1-3-8-23(13)15/h9,11H,1-8,10H2,(H,21,24)/t11-/m0/s1. The number of aryl methyl sites for hydroxylation is 1. The Morgan fingerprint density at radius 1 is 1.17 bits per heavy atom. The lowest BCUT2D eigenvalue weighted by Gasteiger charge is -2.34. The molecule has 7 nitrogen and oxygen atoms in total. The Morgan fingerprint density at radius 2 is 2.08 bits per heavy atom. The topological polar surface area (TPSA) is 79.7 Å². The zero-order valence-corrected chi connectivity index (χ0v) is 14.3. The second-order valence-electron chi connectivity index (χ2n) is 6.62. The van der Waals surface area contributed by atoms with E-state index in [2.05, 4.69) is 29.9 Å². The molecule has 4 heterocycles. The SMILES string of the molecule is O=c1[nH]ncc(N2CCC[C@H](c3nnc4n3CCCCC4)C2)c1Cl. The van der Waals surface area contributed by atoms with Crippen LogP contribution in [0, 0.1) is 0 Å². The van der Waals surface area contributed by atoms with Gasteiger partial charge >= 0.3 is 0 Å². The minimum absolute atomic E-state index is 0.214. The van der Waals surface area contributed by atoms with E-state index < -0.39 is 0 Å². The van der Waals surface area contributed by atoms with E-state index in [1.54, 1.807) is 6.20 Å². The third-order valence-electron chi connectivity index (χ3n) is 5.04. The number of rotatable bonds is 2. The van der Waals surface area contributed by atoms with Crippen molar-refractivity contribution >= 4 is 17.3 Å². The molecule has 8 heteroatoms. The molecule has 1 fully saturated rings. The van der Waals surface area contributed by atoms with Crippen LogP contribution in [-0.2, 0) is 13.0 Å². The van der Waals surface area contributed by atoms with Crippen molar-refractivity contribution in [1.29, 1.82) is 0 Å². The minimum Gasteiger partial charge on any atom is -0.368 e. The summed E-state index contributed by atoms with van der Waals surface area (Å²) in [6.45, 7) is 2.69. The van der Waals surface area contributed by atoms with Crippen LogP contribution < -0.4 is 10.5 Å². The molecule has 2 aliphatic heterocycles. The molecular formula is C16H21ClN6O. The van der Waals surface area contributed by atoms with Gasteiger partial charge < -0.3 is 9.47 Å². The van der Waals surface area contributed by atoms with Gasteiger partial charge in [-0.3, -0.25) is 4.79 Å². The smallest absolute Gasteiger partial charge is 0.285 e. The zero-order valence-electron chi connectivity index (χ0n) is 13.5. The van der Waals surface area contributed by atoms with Crippen molar-refractivity contribution in [2.75, 3.05) is 18.0 Å². The highest BCUT2D eigenvalue weighted by atomic mass is 35.5. The zero-order chi connectivity index (χ0) is 16.5. The van der Waals surface area contributed by atoms with Gasteiger partial charge in [-0.05, 0) is 25.7 Å². The van der Waals surface area contributed by atoms with E-state index in [0.717, 1.165) is 50.5 Å². The van der Waals surface area contributed by atoms with Crippen LogP contribution in [0.15, 0.2) is 11.0 Å². The maximum atomic E-state index is 11.7. The predicted octanol–water partition coefficient (Wildman–Crippen LogP) is 2.13. The van der Waals surface area contributed by atoms with Gasteiger partial charge in [-0.2, -0.15) is 5.10 Å². The third kappa shape index (κ3) is 2.81. The van der Waals surface area contributed by atoms with Crippen LogP contribution in [0.25, 0.3) is 0 Å². The molecule has 0 spiro atoms. The molecule has 0 amide bonds. The Bertz CT molecular complexity index is 785. The molecule has 1 N–H and O–H groups in total. The van der Waals surface area contributed by atoms with Gasteiger partial charge in [0.25, 0.3) is 5.56 Å². The number of H-pyrrole nitrogens is 1. The van der Waals surface area contributed by atoms with Crippen LogP contribution in [0.1, 0.15) is 49.7 Å². The van der Waals surface area contributed by atoms with E-state index in [1.165, 1.54) is 19.3 Å². The Morgan fingerprint density at radius 3 is 3.00 bits per heavy atom. The summed E-state index contributed by atoms with van der Waals surface area (Å²) in [5.74, 6) is 2.52. The van der Waals surface area contributed by atoms with Crippen molar-refractivity contribution in [3.05, 3.63) is 33.2 Å². The lowest BCUT2D eigenvalue weighted by atomic mass is 9.96. The molecule has 0 aromatic carbocycles. The van der Waals surface area contributed by atoms with E-state index >= 15 is 0 Å². The van der Waals surface area contributed by atoms with E-state index in [0.29, 0.717) is 11.6 Å². The number of anilines is 1. The summed E-state index contributed by atoms with van der Waals surface area (Å²) in [6.07, 6.45) is 8.43. The number of hydrogen-bond donors (Lipinski definition) is 1. The summed E-state index contributed by atoms with van der Waals surface area (Å²) in [4.78, 5) is 13.9. The lowest BCUT2D eigenvalue weighted by Crippen LogP contribution is -2.36.